The van der Waals surface area contributed by atoms with Crippen LogP contribution in [0.15, 0.2) is 53.0 Å². The van der Waals surface area contributed by atoms with Crippen LogP contribution in [0.5, 0.6) is 0 Å². The number of benzene rings is 1. The number of hydrogen-bond donors (Lipinski definition) is 1. The Morgan fingerprint density at radius 2 is 1.79 bits per heavy atom. The number of aromatic nitrogens is 1. The summed E-state index contributed by atoms with van der Waals surface area (Å²) < 4.78 is 27.9. The normalized spacial score (nSPS) is 11.5. The molecule has 4 nitrogen and oxygen atoms in total. The molecule has 124 valence electrons. The second-order valence-corrected chi connectivity index (χ2v) is 8.50. The number of nitrogens with one attached hydrogen (secondary N) is 1. The lowest BCUT2D eigenvalue weighted by Gasteiger charge is -2.12. The minimum absolute atomic E-state index is 0.0434. The highest BCUT2D eigenvalue weighted by Gasteiger charge is 2.24. The Morgan fingerprint density at radius 3 is 2.42 bits per heavy atom. The summed E-state index contributed by atoms with van der Waals surface area (Å²) in [7, 11) is -3.98. The van der Waals surface area contributed by atoms with Crippen molar-refractivity contribution in [1.82, 2.24) is 4.98 Å². The molecule has 0 fully saturated rings. The minimum Gasteiger partial charge on any atom is -0.278 e. The Morgan fingerprint density at radius 1 is 1.08 bits per heavy atom. The zero-order valence-electron chi connectivity index (χ0n) is 11.8. The quantitative estimate of drug-likeness (QED) is 0.601. The first-order chi connectivity index (χ1) is 11.4. The Bertz CT molecular complexity index is 966. The van der Waals surface area contributed by atoms with Crippen LogP contribution in [0.4, 0.5) is 5.69 Å². The van der Waals surface area contributed by atoms with Gasteiger partial charge in [0.15, 0.2) is 0 Å². The van der Waals surface area contributed by atoms with Gasteiger partial charge in [0.1, 0.15) is 4.90 Å². The van der Waals surface area contributed by atoms with Crippen molar-refractivity contribution in [2.24, 2.45) is 0 Å². The van der Waals surface area contributed by atoms with Crippen molar-refractivity contribution in [2.75, 3.05) is 4.72 Å². The summed E-state index contributed by atoms with van der Waals surface area (Å²) in [6, 6.07) is 7.96. The summed E-state index contributed by atoms with van der Waals surface area (Å²) in [6.07, 6.45) is 3.31. The van der Waals surface area contributed by atoms with Gasteiger partial charge >= 0.3 is 0 Å². The van der Waals surface area contributed by atoms with Gasteiger partial charge in [0.2, 0.25) is 0 Å². The smallest absolute Gasteiger partial charge is 0.264 e. The number of anilines is 1. The maximum Gasteiger partial charge on any atom is 0.264 e. The van der Waals surface area contributed by atoms with Crippen LogP contribution in [0.25, 0.3) is 10.4 Å². The first-order valence-electron chi connectivity index (χ1n) is 6.54. The van der Waals surface area contributed by atoms with E-state index in [0.29, 0.717) is 5.69 Å². The van der Waals surface area contributed by atoms with E-state index in [4.69, 9.17) is 34.8 Å². The summed E-state index contributed by atoms with van der Waals surface area (Å²) in [5.74, 6) is 0. The van der Waals surface area contributed by atoms with Gasteiger partial charge in [-0.25, -0.2) is 8.42 Å². The van der Waals surface area contributed by atoms with E-state index in [9.17, 15) is 8.42 Å². The van der Waals surface area contributed by atoms with E-state index in [2.05, 4.69) is 9.71 Å². The summed E-state index contributed by atoms with van der Waals surface area (Å²) >= 11 is 19.3. The van der Waals surface area contributed by atoms with Gasteiger partial charge in [-0.3, -0.25) is 9.71 Å². The molecule has 1 N–H and O–H groups in total. The lowest BCUT2D eigenvalue weighted by atomic mass is 10.2. The fourth-order valence-corrected chi connectivity index (χ4v) is 5.62. The van der Waals surface area contributed by atoms with Crippen LogP contribution in [0.3, 0.4) is 0 Å². The molecule has 0 radical (unpaired) electrons. The molecule has 0 atom stereocenters. The number of hydrogen-bond acceptors (Lipinski definition) is 4. The summed E-state index contributed by atoms with van der Waals surface area (Å²) in [6.45, 7) is 0. The Labute approximate surface area is 158 Å². The molecule has 0 saturated heterocycles. The highest BCUT2D eigenvalue weighted by atomic mass is 35.5. The molecule has 2 heterocycles. The topological polar surface area (TPSA) is 59.1 Å². The maximum atomic E-state index is 12.7. The summed E-state index contributed by atoms with van der Waals surface area (Å²) in [4.78, 5) is 4.58. The first kappa shape index (κ1) is 17.5. The number of pyridine rings is 1. The molecular weight excluding hydrogens is 411 g/mol. The van der Waals surface area contributed by atoms with E-state index in [-0.39, 0.29) is 20.0 Å². The Kier molecular flexibility index (Phi) is 5.03. The average Bonchev–Trinajstić information content (AvgIpc) is 2.94. The minimum atomic E-state index is -3.98. The van der Waals surface area contributed by atoms with Crippen LogP contribution < -0.4 is 4.72 Å². The van der Waals surface area contributed by atoms with Gasteiger partial charge in [0.25, 0.3) is 10.0 Å². The molecule has 2 aromatic heterocycles. The fraction of sp³-hybridized carbons (Fsp3) is 0. The molecule has 24 heavy (non-hydrogen) atoms. The van der Waals surface area contributed by atoms with E-state index < -0.39 is 10.0 Å². The van der Waals surface area contributed by atoms with Crippen molar-refractivity contribution >= 4 is 61.9 Å². The van der Waals surface area contributed by atoms with Gasteiger partial charge in [-0.1, -0.05) is 40.9 Å². The van der Waals surface area contributed by atoms with Crippen molar-refractivity contribution in [3.8, 4) is 10.4 Å². The van der Waals surface area contributed by atoms with Gasteiger partial charge in [-0.2, -0.15) is 0 Å². The molecule has 3 rings (SSSR count). The zero-order valence-corrected chi connectivity index (χ0v) is 15.7. The molecule has 0 bridgehead atoms. The number of sulfonamides is 1. The largest absolute Gasteiger partial charge is 0.278 e. The highest BCUT2D eigenvalue weighted by molar-refractivity contribution is 7.93. The number of rotatable bonds is 4. The molecule has 0 saturated carbocycles. The van der Waals surface area contributed by atoms with E-state index in [1.165, 1.54) is 23.5 Å². The second kappa shape index (κ2) is 6.90. The van der Waals surface area contributed by atoms with Gasteiger partial charge in [-0.05, 0) is 29.6 Å². The second-order valence-electron chi connectivity index (χ2n) is 4.71. The molecule has 0 aliphatic carbocycles. The van der Waals surface area contributed by atoms with Crippen molar-refractivity contribution in [3.05, 3.63) is 63.2 Å². The van der Waals surface area contributed by atoms with Crippen molar-refractivity contribution in [1.29, 1.82) is 0 Å². The van der Waals surface area contributed by atoms with E-state index in [1.807, 2.05) is 6.07 Å². The maximum absolute atomic E-state index is 12.7. The van der Waals surface area contributed by atoms with Gasteiger partial charge < -0.3 is 0 Å². The van der Waals surface area contributed by atoms with Gasteiger partial charge in [-0.15, -0.1) is 11.3 Å². The Balaban J connectivity index is 2.02. The first-order valence-corrected chi connectivity index (χ1v) is 10.0. The number of thiophene rings is 1. The van der Waals surface area contributed by atoms with E-state index in [1.54, 1.807) is 29.9 Å². The molecule has 0 unspecified atom stereocenters. The van der Waals surface area contributed by atoms with E-state index >= 15 is 0 Å². The van der Waals surface area contributed by atoms with Crippen LogP contribution in [-0.4, -0.2) is 13.4 Å². The third kappa shape index (κ3) is 3.53. The van der Waals surface area contributed by atoms with Crippen LogP contribution >= 0.6 is 46.1 Å². The predicted molar refractivity (Wildman–Crippen MR) is 99.8 cm³/mol. The number of nitrogens with zero attached hydrogens (tertiary/aromatic N) is 1. The molecule has 0 aliphatic rings. The van der Waals surface area contributed by atoms with Crippen molar-refractivity contribution in [3.63, 3.8) is 0 Å². The fourth-order valence-electron chi connectivity index (χ4n) is 2.09. The summed E-state index contributed by atoms with van der Waals surface area (Å²) in [5.41, 5.74) is 1.23. The van der Waals surface area contributed by atoms with E-state index in [0.717, 1.165) is 10.4 Å². The van der Waals surface area contributed by atoms with Crippen LogP contribution in [0.2, 0.25) is 15.1 Å². The average molecular weight is 420 g/mol. The lowest BCUT2D eigenvalue weighted by molar-refractivity contribution is 0.601. The standard InChI is InChI=1S/C15H9Cl3N2O2S2/c16-10-6-11(17)15(12(18)7-10)24(21,22)20-13-3-5-23-14(13)9-2-1-4-19-8-9/h1-8,20H. The van der Waals surface area contributed by atoms with Gasteiger partial charge in [0, 0.05) is 23.0 Å². The Hall–Kier alpha value is -1.31. The SMILES string of the molecule is O=S(=O)(Nc1ccsc1-c1cccnc1)c1c(Cl)cc(Cl)cc1Cl. The van der Waals surface area contributed by atoms with Crippen LogP contribution in [0.1, 0.15) is 0 Å². The van der Waals surface area contributed by atoms with Crippen LogP contribution in [-0.2, 0) is 10.0 Å². The van der Waals surface area contributed by atoms with Crippen molar-refractivity contribution < 1.29 is 8.42 Å². The molecular formula is C15H9Cl3N2O2S2. The summed E-state index contributed by atoms with van der Waals surface area (Å²) in [5, 5.41) is 1.96. The lowest BCUT2D eigenvalue weighted by Crippen LogP contribution is -2.14. The third-order valence-electron chi connectivity index (χ3n) is 3.07. The van der Waals surface area contributed by atoms with Gasteiger partial charge in [0.05, 0.1) is 20.6 Å². The zero-order chi connectivity index (χ0) is 17.3. The molecule has 1 aromatic carbocycles. The predicted octanol–water partition coefficient (Wildman–Crippen LogP) is 5.57. The molecule has 0 aliphatic heterocycles. The molecule has 0 amide bonds. The highest BCUT2D eigenvalue weighted by Crippen LogP contribution is 2.37. The monoisotopic (exact) mass is 418 g/mol. The molecule has 3 aromatic rings. The molecule has 9 heteroatoms. The third-order valence-corrected chi connectivity index (χ3v) is 6.53. The number of halogens is 3. The van der Waals surface area contributed by atoms with Crippen LogP contribution in [0, 0.1) is 0 Å². The molecule has 0 spiro atoms. The van der Waals surface area contributed by atoms with Crippen molar-refractivity contribution in [2.45, 2.75) is 4.90 Å².